The van der Waals surface area contributed by atoms with Crippen molar-refractivity contribution in [3.05, 3.63) is 59.7 Å². The molecule has 1 heterocycles. The second kappa shape index (κ2) is 11.8. The van der Waals surface area contributed by atoms with Gasteiger partial charge in [0.25, 0.3) is 0 Å². The van der Waals surface area contributed by atoms with E-state index in [1.807, 2.05) is 23.1 Å². The van der Waals surface area contributed by atoms with Crippen LogP contribution in [0.1, 0.15) is 11.1 Å². The first-order chi connectivity index (χ1) is 16.4. The molecule has 1 fully saturated rings. The smallest absolute Gasteiger partial charge is 0.422 e. The molecule has 192 valence electrons. The van der Waals surface area contributed by atoms with Crippen molar-refractivity contribution in [1.82, 2.24) is 9.80 Å². The number of Topliss-reactive ketones (excluding diaryl/α,β-unsaturated/α-hetero) is 1. The van der Waals surface area contributed by atoms with Crippen molar-refractivity contribution in [2.75, 3.05) is 45.9 Å². The van der Waals surface area contributed by atoms with Crippen LogP contribution in [-0.4, -0.2) is 73.9 Å². The Kier molecular flexibility index (Phi) is 9.01. The van der Waals surface area contributed by atoms with Crippen molar-refractivity contribution in [3.63, 3.8) is 0 Å². The van der Waals surface area contributed by atoms with Crippen molar-refractivity contribution in [1.29, 1.82) is 0 Å². The van der Waals surface area contributed by atoms with Gasteiger partial charge in [-0.15, -0.1) is 0 Å². The van der Waals surface area contributed by atoms with E-state index in [1.165, 1.54) is 17.7 Å². The number of carbonyl (C=O) groups excluding carboxylic acids is 1. The molecule has 0 saturated carbocycles. The maximum atomic E-state index is 12.6. The van der Waals surface area contributed by atoms with Gasteiger partial charge in [-0.3, -0.25) is 14.6 Å². The highest BCUT2D eigenvalue weighted by molar-refractivity contribution is 5.83. The fourth-order valence-corrected chi connectivity index (χ4v) is 3.71. The van der Waals surface area contributed by atoms with Crippen LogP contribution in [0.2, 0.25) is 0 Å². The van der Waals surface area contributed by atoms with Gasteiger partial charge >= 0.3 is 12.4 Å². The standard InChI is InChI=1S/C24H26F6N2O3/c25-23(26,27)16-34-21-11-19(12-22(13-21)35-17-24(28,29)30)10-20(33)15-32-8-6-31(7-9-32)14-18-4-2-1-3-5-18/h1-5,11-13H,6-10,14-17H2. The molecular weight excluding hydrogens is 478 g/mol. The highest BCUT2D eigenvalue weighted by Crippen LogP contribution is 2.27. The number of rotatable bonds is 10. The first-order valence-electron chi connectivity index (χ1n) is 11.0. The van der Waals surface area contributed by atoms with Gasteiger partial charge in [-0.1, -0.05) is 30.3 Å². The summed E-state index contributed by atoms with van der Waals surface area (Å²) in [6, 6.07) is 13.4. The second-order valence-corrected chi connectivity index (χ2v) is 8.37. The van der Waals surface area contributed by atoms with Crippen LogP contribution in [0.5, 0.6) is 11.5 Å². The number of hydrogen-bond acceptors (Lipinski definition) is 5. The largest absolute Gasteiger partial charge is 0.484 e. The summed E-state index contributed by atoms with van der Waals surface area (Å²) in [6.07, 6.45) is -9.42. The van der Waals surface area contributed by atoms with Gasteiger partial charge in [0.1, 0.15) is 11.5 Å². The third-order valence-electron chi connectivity index (χ3n) is 5.26. The minimum Gasteiger partial charge on any atom is -0.484 e. The summed E-state index contributed by atoms with van der Waals surface area (Å²) in [4.78, 5) is 16.9. The molecule has 1 saturated heterocycles. The number of nitrogens with zero attached hydrogens (tertiary/aromatic N) is 2. The molecule has 0 aliphatic carbocycles. The summed E-state index contributed by atoms with van der Waals surface area (Å²) in [5.41, 5.74) is 1.42. The van der Waals surface area contributed by atoms with Crippen LogP contribution in [0.15, 0.2) is 48.5 Å². The van der Waals surface area contributed by atoms with Gasteiger partial charge in [-0.2, -0.15) is 26.3 Å². The van der Waals surface area contributed by atoms with E-state index < -0.39 is 25.6 Å². The van der Waals surface area contributed by atoms with Gasteiger partial charge in [-0.05, 0) is 23.3 Å². The topological polar surface area (TPSA) is 42.0 Å². The molecule has 1 aliphatic rings. The van der Waals surface area contributed by atoms with Crippen LogP contribution in [0, 0.1) is 0 Å². The molecule has 0 radical (unpaired) electrons. The molecule has 3 rings (SSSR count). The fraction of sp³-hybridized carbons (Fsp3) is 0.458. The first kappa shape index (κ1) is 26.8. The molecule has 0 bridgehead atoms. The number of piperazine rings is 1. The van der Waals surface area contributed by atoms with Crippen molar-refractivity contribution in [3.8, 4) is 11.5 Å². The Morgan fingerprint density at radius 1 is 0.743 bits per heavy atom. The molecule has 0 spiro atoms. The Morgan fingerprint density at radius 2 is 1.26 bits per heavy atom. The highest BCUT2D eigenvalue weighted by Gasteiger charge is 2.30. The number of carbonyl (C=O) groups is 1. The summed E-state index contributed by atoms with van der Waals surface area (Å²) in [7, 11) is 0. The van der Waals surface area contributed by atoms with E-state index in [2.05, 4.69) is 26.5 Å². The van der Waals surface area contributed by atoms with Crippen molar-refractivity contribution in [2.24, 2.45) is 0 Å². The van der Waals surface area contributed by atoms with Gasteiger partial charge in [-0.25, -0.2) is 0 Å². The molecular formula is C24H26F6N2O3. The number of halogens is 6. The predicted molar refractivity (Wildman–Crippen MR) is 116 cm³/mol. The van der Waals surface area contributed by atoms with Crippen LogP contribution in [0.25, 0.3) is 0 Å². The molecule has 0 atom stereocenters. The summed E-state index contributed by atoms with van der Waals surface area (Å²) >= 11 is 0. The lowest BCUT2D eigenvalue weighted by Crippen LogP contribution is -2.47. The summed E-state index contributed by atoms with van der Waals surface area (Å²) in [5.74, 6) is -0.852. The summed E-state index contributed by atoms with van der Waals surface area (Å²) < 4.78 is 84.3. The molecule has 5 nitrogen and oxygen atoms in total. The van der Waals surface area contributed by atoms with E-state index >= 15 is 0 Å². The highest BCUT2D eigenvalue weighted by atomic mass is 19.4. The van der Waals surface area contributed by atoms with Gasteiger partial charge in [0.15, 0.2) is 19.0 Å². The van der Waals surface area contributed by atoms with Crippen molar-refractivity contribution in [2.45, 2.75) is 25.3 Å². The second-order valence-electron chi connectivity index (χ2n) is 8.37. The Morgan fingerprint density at radius 3 is 1.77 bits per heavy atom. The predicted octanol–water partition coefficient (Wildman–Crippen LogP) is 4.50. The third kappa shape index (κ3) is 10.2. The lowest BCUT2D eigenvalue weighted by molar-refractivity contribution is -0.154. The molecule has 0 amide bonds. The number of alkyl halides is 6. The van der Waals surface area contributed by atoms with Crippen molar-refractivity contribution >= 4 is 5.78 Å². The van der Waals surface area contributed by atoms with Crippen LogP contribution in [-0.2, 0) is 17.8 Å². The molecule has 35 heavy (non-hydrogen) atoms. The van der Waals surface area contributed by atoms with Crippen molar-refractivity contribution < 1.29 is 40.6 Å². The van der Waals surface area contributed by atoms with E-state index in [9.17, 15) is 31.1 Å². The monoisotopic (exact) mass is 504 g/mol. The Balaban J connectivity index is 1.55. The van der Waals surface area contributed by atoms with E-state index in [4.69, 9.17) is 0 Å². The van der Waals surface area contributed by atoms with E-state index in [-0.39, 0.29) is 35.8 Å². The van der Waals surface area contributed by atoms with Gasteiger partial charge in [0, 0.05) is 45.2 Å². The van der Waals surface area contributed by atoms with Gasteiger partial charge in [0.05, 0.1) is 6.54 Å². The van der Waals surface area contributed by atoms with Crippen LogP contribution in [0.4, 0.5) is 26.3 Å². The quantitative estimate of drug-likeness (QED) is 0.446. The maximum absolute atomic E-state index is 12.6. The summed E-state index contributed by atoms with van der Waals surface area (Å²) in [5, 5.41) is 0. The van der Waals surface area contributed by atoms with Gasteiger partial charge in [0.2, 0.25) is 0 Å². The minimum atomic E-state index is -4.62. The van der Waals surface area contributed by atoms with E-state index in [0.29, 0.717) is 13.1 Å². The van der Waals surface area contributed by atoms with E-state index in [1.54, 1.807) is 0 Å². The lowest BCUT2D eigenvalue weighted by Gasteiger charge is -2.34. The molecule has 0 unspecified atom stereocenters. The molecule has 2 aromatic rings. The normalized spacial score (nSPS) is 15.7. The zero-order valence-corrected chi connectivity index (χ0v) is 18.9. The average molecular weight is 504 g/mol. The molecule has 2 aromatic carbocycles. The molecule has 1 aliphatic heterocycles. The Bertz CT molecular complexity index is 922. The van der Waals surface area contributed by atoms with Crippen LogP contribution >= 0.6 is 0 Å². The molecule has 0 aromatic heterocycles. The van der Waals surface area contributed by atoms with E-state index in [0.717, 1.165) is 25.7 Å². The SMILES string of the molecule is O=C(Cc1cc(OCC(F)(F)F)cc(OCC(F)(F)F)c1)CN1CCN(Cc2ccccc2)CC1. The Hall–Kier alpha value is -2.79. The molecule has 0 N–H and O–H groups in total. The fourth-order valence-electron chi connectivity index (χ4n) is 3.71. The number of benzene rings is 2. The van der Waals surface area contributed by atoms with Crippen LogP contribution < -0.4 is 9.47 Å². The number of hydrogen-bond donors (Lipinski definition) is 0. The Labute approximate surface area is 199 Å². The van der Waals surface area contributed by atoms with Gasteiger partial charge < -0.3 is 9.47 Å². The zero-order valence-electron chi connectivity index (χ0n) is 18.9. The first-order valence-corrected chi connectivity index (χ1v) is 11.0. The summed E-state index contributed by atoms with van der Waals surface area (Å²) in [6.45, 7) is 0.615. The third-order valence-corrected chi connectivity index (χ3v) is 5.26. The minimum absolute atomic E-state index is 0.131. The lowest BCUT2D eigenvalue weighted by atomic mass is 10.1. The average Bonchev–Trinajstić information content (AvgIpc) is 2.77. The zero-order chi connectivity index (χ0) is 25.5. The number of ketones is 1. The molecule has 11 heteroatoms. The maximum Gasteiger partial charge on any atom is 0.422 e. The number of ether oxygens (including phenoxy) is 2. The van der Waals surface area contributed by atoms with Crippen LogP contribution in [0.3, 0.4) is 0 Å².